The van der Waals surface area contributed by atoms with Crippen molar-refractivity contribution < 1.29 is 21.7 Å². The molecule has 4 heteroatoms. The molecule has 0 aromatic heterocycles. The van der Waals surface area contributed by atoms with Gasteiger partial charge in [0.15, 0.2) is 0 Å². The van der Waals surface area contributed by atoms with E-state index in [2.05, 4.69) is 120 Å². The molecule has 0 saturated heterocycles. The Kier molecular flexibility index (Phi) is 28.7. The van der Waals surface area contributed by atoms with Crippen molar-refractivity contribution in [3.8, 4) is 0 Å². The molecule has 3 nitrogen and oxygen atoms in total. The van der Waals surface area contributed by atoms with Gasteiger partial charge in [0.25, 0.3) is 0 Å². The SMILES string of the molecule is C(C=CCc1ccccc1)=CCc1ccccc1.C1=CC2[CH-]CCC2C=C1.C[N-]C.C[N-]C.C[N-]C.[Ti+4]. The van der Waals surface area contributed by atoms with E-state index in [1.54, 1.807) is 42.3 Å². The monoisotopic (exact) mass is 533 g/mol. The van der Waals surface area contributed by atoms with Crippen molar-refractivity contribution in [3.63, 3.8) is 0 Å². The second-order valence-electron chi connectivity index (χ2n) is 8.40. The summed E-state index contributed by atoms with van der Waals surface area (Å²) in [6, 6.07) is 21.0. The third kappa shape index (κ3) is 21.8. The quantitative estimate of drug-likeness (QED) is 0.209. The van der Waals surface area contributed by atoms with Gasteiger partial charge in [-0.25, -0.2) is 0 Å². The van der Waals surface area contributed by atoms with Gasteiger partial charge in [-0.3, -0.25) is 0 Å². The molecule has 0 N–H and O–H groups in total. The Hall–Kier alpha value is -2.01. The maximum atomic E-state index is 3.50. The molecule has 37 heavy (non-hydrogen) atoms. The summed E-state index contributed by atoms with van der Waals surface area (Å²) in [5.74, 6) is 1.62. The predicted molar refractivity (Wildman–Crippen MR) is 163 cm³/mol. The van der Waals surface area contributed by atoms with Gasteiger partial charge in [0.2, 0.25) is 0 Å². The normalized spacial score (nSPS) is 16.5. The van der Waals surface area contributed by atoms with Crippen LogP contribution in [-0.2, 0) is 34.6 Å². The van der Waals surface area contributed by atoms with Gasteiger partial charge < -0.3 is 22.4 Å². The standard InChI is InChI=1S/C18H18.C9H11.3C2H6N.Ti/c1(5-11-17-13-7-3-8-14-17)2-6-12-18-15-9-4-10-16-18;1-2-5-9-7-3-6-8(9)4-1;3*1-3-2;/h1-10,13-16H,11-12H2;1-2,4-6,8-9H,3,7H2;3*1-2H3;/q;4*-1;+4. The van der Waals surface area contributed by atoms with Crippen LogP contribution in [0.3, 0.4) is 0 Å². The summed E-state index contributed by atoms with van der Waals surface area (Å²) in [5.41, 5.74) is 2.70. The molecule has 0 radical (unpaired) electrons. The van der Waals surface area contributed by atoms with Gasteiger partial charge in [-0.15, -0.1) is 12.0 Å². The maximum absolute atomic E-state index is 3.50. The van der Waals surface area contributed by atoms with Crippen LogP contribution < -0.4 is 0 Å². The van der Waals surface area contributed by atoms with E-state index < -0.39 is 0 Å². The van der Waals surface area contributed by atoms with E-state index in [9.17, 15) is 0 Å². The molecule has 1 saturated carbocycles. The van der Waals surface area contributed by atoms with E-state index in [0.29, 0.717) is 0 Å². The molecule has 2 aromatic carbocycles. The molecule has 0 bridgehead atoms. The molecule has 2 atom stereocenters. The summed E-state index contributed by atoms with van der Waals surface area (Å²) in [6.07, 6.45) is 24.7. The molecule has 0 heterocycles. The zero-order valence-electron chi connectivity index (χ0n) is 23.8. The number of fused-ring (bicyclic) bond motifs is 1. The summed E-state index contributed by atoms with van der Waals surface area (Å²) in [4.78, 5) is 0. The fourth-order valence-corrected chi connectivity index (χ4v) is 3.49. The molecule has 0 spiro atoms. The summed E-state index contributed by atoms with van der Waals surface area (Å²) < 4.78 is 0. The minimum atomic E-state index is 0. The van der Waals surface area contributed by atoms with Crippen LogP contribution in [0.15, 0.2) is 109 Å². The third-order valence-electron chi connectivity index (χ3n) is 5.01. The van der Waals surface area contributed by atoms with E-state index >= 15 is 0 Å². The van der Waals surface area contributed by atoms with Crippen LogP contribution in [-0.4, -0.2) is 42.3 Å². The zero-order valence-corrected chi connectivity index (χ0v) is 25.4. The fourth-order valence-electron chi connectivity index (χ4n) is 3.49. The number of benzene rings is 2. The first-order chi connectivity index (χ1) is 17.7. The summed E-state index contributed by atoms with van der Waals surface area (Å²) in [5, 5.41) is 10.5. The van der Waals surface area contributed by atoms with Crippen LogP contribution in [0.25, 0.3) is 16.0 Å². The van der Waals surface area contributed by atoms with E-state index in [1.807, 2.05) is 12.1 Å². The first-order valence-corrected chi connectivity index (χ1v) is 12.7. The Morgan fingerprint density at radius 3 is 1.49 bits per heavy atom. The fraction of sp³-hybridized carbons (Fsp3) is 0.364. The molecule has 2 aromatic rings. The average molecular weight is 534 g/mol. The molecule has 2 aliphatic rings. The van der Waals surface area contributed by atoms with Gasteiger partial charge in [0.05, 0.1) is 0 Å². The molecular formula is C33H47N3Ti. The minimum absolute atomic E-state index is 0. The van der Waals surface area contributed by atoms with Crippen molar-refractivity contribution >= 4 is 0 Å². The largest absolute Gasteiger partial charge is 4.00 e. The second-order valence-corrected chi connectivity index (χ2v) is 8.40. The first-order valence-electron chi connectivity index (χ1n) is 12.7. The minimum Gasteiger partial charge on any atom is -0.668 e. The summed E-state index contributed by atoms with van der Waals surface area (Å²) in [7, 11) is 10.5. The predicted octanol–water partition coefficient (Wildman–Crippen LogP) is 8.78. The molecule has 2 unspecified atom stereocenters. The number of rotatable bonds is 5. The van der Waals surface area contributed by atoms with Gasteiger partial charge in [-0.1, -0.05) is 110 Å². The van der Waals surface area contributed by atoms with Crippen LogP contribution >= 0.6 is 0 Å². The third-order valence-corrected chi connectivity index (χ3v) is 5.01. The Balaban J connectivity index is 0. The number of hydrogen-bond acceptors (Lipinski definition) is 0. The van der Waals surface area contributed by atoms with Crippen molar-refractivity contribution in [2.24, 2.45) is 11.8 Å². The van der Waals surface area contributed by atoms with Crippen molar-refractivity contribution in [1.29, 1.82) is 0 Å². The van der Waals surface area contributed by atoms with E-state index in [0.717, 1.165) is 24.7 Å². The number of hydrogen-bond donors (Lipinski definition) is 0. The van der Waals surface area contributed by atoms with Crippen LogP contribution in [0.5, 0.6) is 0 Å². The molecule has 0 amide bonds. The van der Waals surface area contributed by atoms with E-state index in [4.69, 9.17) is 0 Å². The van der Waals surface area contributed by atoms with Crippen molar-refractivity contribution in [3.05, 3.63) is 143 Å². The average Bonchev–Trinajstić information content (AvgIpc) is 3.38. The van der Waals surface area contributed by atoms with E-state index in [-0.39, 0.29) is 21.7 Å². The zero-order chi connectivity index (χ0) is 26.7. The van der Waals surface area contributed by atoms with Crippen LogP contribution in [0.1, 0.15) is 24.0 Å². The number of allylic oxidation sites excluding steroid dienone is 8. The Labute approximate surface area is 243 Å². The van der Waals surface area contributed by atoms with Crippen LogP contribution in [0.4, 0.5) is 0 Å². The van der Waals surface area contributed by atoms with Crippen LogP contribution in [0.2, 0.25) is 0 Å². The molecule has 4 rings (SSSR count). The second kappa shape index (κ2) is 28.6. The Morgan fingerprint density at radius 2 is 1.08 bits per heavy atom. The van der Waals surface area contributed by atoms with Gasteiger partial charge in [0.1, 0.15) is 0 Å². The van der Waals surface area contributed by atoms with Crippen molar-refractivity contribution in [1.82, 2.24) is 0 Å². The van der Waals surface area contributed by atoms with Gasteiger partial charge in [0, 0.05) is 0 Å². The Bertz CT molecular complexity index is 757. The van der Waals surface area contributed by atoms with Gasteiger partial charge in [-0.2, -0.15) is 48.7 Å². The molecular weight excluding hydrogens is 486 g/mol. The molecule has 198 valence electrons. The summed E-state index contributed by atoms with van der Waals surface area (Å²) >= 11 is 0. The van der Waals surface area contributed by atoms with E-state index in [1.165, 1.54) is 24.0 Å². The van der Waals surface area contributed by atoms with Crippen molar-refractivity contribution in [2.75, 3.05) is 42.3 Å². The van der Waals surface area contributed by atoms with Gasteiger partial charge in [-0.05, 0) is 29.9 Å². The van der Waals surface area contributed by atoms with Crippen molar-refractivity contribution in [2.45, 2.75) is 25.7 Å². The number of nitrogens with zero attached hydrogens (tertiary/aromatic N) is 3. The first kappa shape index (κ1) is 37.1. The Morgan fingerprint density at radius 1 is 0.676 bits per heavy atom. The molecule has 0 aliphatic heterocycles. The maximum Gasteiger partial charge on any atom is 4.00 e. The molecule has 1 fully saturated rings. The van der Waals surface area contributed by atoms with Crippen LogP contribution in [0, 0.1) is 18.3 Å². The smallest absolute Gasteiger partial charge is 0.668 e. The summed E-state index contributed by atoms with van der Waals surface area (Å²) in [6.45, 7) is 0. The topological polar surface area (TPSA) is 42.3 Å². The molecule has 2 aliphatic carbocycles. The van der Waals surface area contributed by atoms with Gasteiger partial charge >= 0.3 is 21.7 Å².